The first kappa shape index (κ1) is 14.6. The Morgan fingerprint density at radius 1 is 1.47 bits per heavy atom. The fraction of sp³-hybridized carbons (Fsp3) is 0.308. The quantitative estimate of drug-likeness (QED) is 0.808. The molecule has 1 aromatic rings. The minimum Gasteiger partial charge on any atom is -0.480 e. The second-order valence-electron chi connectivity index (χ2n) is 3.96. The van der Waals surface area contributed by atoms with Gasteiger partial charge in [0.15, 0.2) is 0 Å². The number of carboxylic acid groups (broad SMARTS) is 1. The lowest BCUT2D eigenvalue weighted by Crippen LogP contribution is -2.41. The molecule has 100 valence electrons. The van der Waals surface area contributed by atoms with Crippen molar-refractivity contribution >= 4 is 11.9 Å². The maximum atomic E-state index is 12.9. The van der Waals surface area contributed by atoms with Gasteiger partial charge in [-0.3, -0.25) is 4.79 Å². The minimum atomic E-state index is -1.19. The first-order valence-corrected chi connectivity index (χ1v) is 5.66. The highest BCUT2D eigenvalue weighted by Crippen LogP contribution is 2.05. The van der Waals surface area contributed by atoms with Crippen LogP contribution in [0, 0.1) is 17.1 Å². The smallest absolute Gasteiger partial charge is 0.326 e. The summed E-state index contributed by atoms with van der Waals surface area (Å²) in [6.45, 7) is 0. The van der Waals surface area contributed by atoms with Gasteiger partial charge < -0.3 is 10.4 Å². The van der Waals surface area contributed by atoms with Gasteiger partial charge in [0, 0.05) is 6.42 Å². The number of nitriles is 1. The van der Waals surface area contributed by atoms with Crippen molar-refractivity contribution in [2.45, 2.75) is 25.3 Å². The molecule has 0 saturated heterocycles. The summed E-state index contributed by atoms with van der Waals surface area (Å²) in [6, 6.07) is 6.25. The van der Waals surface area contributed by atoms with Crippen molar-refractivity contribution in [3.63, 3.8) is 0 Å². The standard InChI is InChI=1S/C13H13FN2O3/c14-10-4-1-3-9(7-10)8-12(17)16-11(13(18)19)5-2-6-15/h1,3-4,7,11H,2,5,8H2,(H,16,17)(H,18,19)/t11-/m0/s1. The number of benzene rings is 1. The highest BCUT2D eigenvalue weighted by Gasteiger charge is 2.19. The van der Waals surface area contributed by atoms with Crippen molar-refractivity contribution in [3.05, 3.63) is 35.6 Å². The van der Waals surface area contributed by atoms with Crippen LogP contribution in [-0.4, -0.2) is 23.0 Å². The molecular weight excluding hydrogens is 251 g/mol. The third kappa shape index (κ3) is 5.17. The molecule has 0 aliphatic heterocycles. The van der Waals surface area contributed by atoms with E-state index in [1.54, 1.807) is 6.07 Å². The molecule has 1 atom stereocenters. The average Bonchev–Trinajstić information content (AvgIpc) is 2.34. The molecule has 0 aliphatic rings. The molecule has 0 aliphatic carbocycles. The average molecular weight is 264 g/mol. The lowest BCUT2D eigenvalue weighted by molar-refractivity contribution is -0.141. The van der Waals surface area contributed by atoms with Crippen LogP contribution in [0.3, 0.4) is 0 Å². The van der Waals surface area contributed by atoms with Crippen molar-refractivity contribution in [2.75, 3.05) is 0 Å². The number of carboxylic acids is 1. The summed E-state index contributed by atoms with van der Waals surface area (Å²) in [7, 11) is 0. The second kappa shape index (κ2) is 7.11. The molecule has 0 bridgehead atoms. The Morgan fingerprint density at radius 3 is 2.79 bits per heavy atom. The Kier molecular flexibility index (Phi) is 5.48. The Hall–Kier alpha value is -2.42. The largest absolute Gasteiger partial charge is 0.480 e. The first-order chi connectivity index (χ1) is 9.02. The van der Waals surface area contributed by atoms with E-state index in [2.05, 4.69) is 5.32 Å². The number of aliphatic carboxylic acids is 1. The number of hydrogen-bond donors (Lipinski definition) is 2. The summed E-state index contributed by atoms with van der Waals surface area (Å²) in [4.78, 5) is 22.5. The summed E-state index contributed by atoms with van der Waals surface area (Å²) < 4.78 is 12.9. The highest BCUT2D eigenvalue weighted by molar-refractivity contribution is 5.84. The Morgan fingerprint density at radius 2 is 2.21 bits per heavy atom. The van der Waals surface area contributed by atoms with Gasteiger partial charge in [-0.25, -0.2) is 9.18 Å². The van der Waals surface area contributed by atoms with E-state index in [1.807, 2.05) is 6.07 Å². The molecule has 0 unspecified atom stereocenters. The summed E-state index contributed by atoms with van der Waals surface area (Å²) in [5.41, 5.74) is 0.460. The molecular formula is C13H13FN2O3. The monoisotopic (exact) mass is 264 g/mol. The summed E-state index contributed by atoms with van der Waals surface area (Å²) in [5, 5.41) is 19.6. The molecule has 0 heterocycles. The van der Waals surface area contributed by atoms with Gasteiger partial charge in [0.25, 0.3) is 0 Å². The van der Waals surface area contributed by atoms with E-state index in [-0.39, 0.29) is 19.3 Å². The van der Waals surface area contributed by atoms with Crippen LogP contribution in [0.25, 0.3) is 0 Å². The molecule has 6 heteroatoms. The normalized spacial score (nSPS) is 11.4. The molecule has 1 amide bonds. The maximum absolute atomic E-state index is 12.9. The van der Waals surface area contributed by atoms with Crippen molar-refractivity contribution in [2.24, 2.45) is 0 Å². The van der Waals surface area contributed by atoms with E-state index in [9.17, 15) is 14.0 Å². The molecule has 2 N–H and O–H groups in total. The highest BCUT2D eigenvalue weighted by atomic mass is 19.1. The molecule has 5 nitrogen and oxygen atoms in total. The predicted molar refractivity (Wildman–Crippen MR) is 64.5 cm³/mol. The summed E-state index contributed by atoms with van der Waals surface area (Å²) >= 11 is 0. The van der Waals surface area contributed by atoms with Crippen LogP contribution < -0.4 is 5.32 Å². The molecule has 1 aromatic carbocycles. The van der Waals surface area contributed by atoms with E-state index in [0.29, 0.717) is 5.56 Å². The van der Waals surface area contributed by atoms with Gasteiger partial charge >= 0.3 is 5.97 Å². The Balaban J connectivity index is 2.58. The van der Waals surface area contributed by atoms with Crippen LogP contribution in [0.2, 0.25) is 0 Å². The molecule has 0 saturated carbocycles. The van der Waals surface area contributed by atoms with Crippen molar-refractivity contribution in [1.82, 2.24) is 5.32 Å². The van der Waals surface area contributed by atoms with Gasteiger partial charge in [0.1, 0.15) is 11.9 Å². The third-order valence-electron chi connectivity index (χ3n) is 2.43. The fourth-order valence-electron chi connectivity index (χ4n) is 1.54. The first-order valence-electron chi connectivity index (χ1n) is 5.66. The van der Waals surface area contributed by atoms with Crippen molar-refractivity contribution < 1.29 is 19.1 Å². The van der Waals surface area contributed by atoms with E-state index in [4.69, 9.17) is 10.4 Å². The number of amides is 1. The van der Waals surface area contributed by atoms with Crippen LogP contribution in [0.1, 0.15) is 18.4 Å². The third-order valence-corrected chi connectivity index (χ3v) is 2.43. The van der Waals surface area contributed by atoms with E-state index < -0.39 is 23.7 Å². The summed E-state index contributed by atoms with van der Waals surface area (Å²) in [6.07, 6.45) is -0.0218. The zero-order valence-electron chi connectivity index (χ0n) is 10.1. The number of halogens is 1. The predicted octanol–water partition coefficient (Wildman–Crippen LogP) is 1.24. The van der Waals surface area contributed by atoms with E-state index in [0.717, 1.165) is 0 Å². The molecule has 0 fully saturated rings. The van der Waals surface area contributed by atoms with Gasteiger partial charge in [0.2, 0.25) is 5.91 Å². The van der Waals surface area contributed by atoms with Gasteiger partial charge in [-0.2, -0.15) is 5.26 Å². The van der Waals surface area contributed by atoms with Gasteiger partial charge in [-0.1, -0.05) is 12.1 Å². The van der Waals surface area contributed by atoms with Crippen molar-refractivity contribution in [1.29, 1.82) is 5.26 Å². The van der Waals surface area contributed by atoms with E-state index in [1.165, 1.54) is 18.2 Å². The van der Waals surface area contributed by atoms with Crippen LogP contribution in [0.15, 0.2) is 24.3 Å². The lowest BCUT2D eigenvalue weighted by Gasteiger charge is -2.12. The minimum absolute atomic E-state index is 0.0389. The summed E-state index contributed by atoms with van der Waals surface area (Å²) in [5.74, 6) is -2.16. The Bertz CT molecular complexity index is 511. The molecule has 0 aromatic heterocycles. The number of nitrogens with zero attached hydrogens (tertiary/aromatic N) is 1. The fourth-order valence-corrected chi connectivity index (χ4v) is 1.54. The van der Waals surface area contributed by atoms with Gasteiger partial charge in [-0.15, -0.1) is 0 Å². The van der Waals surface area contributed by atoms with Gasteiger partial charge in [0.05, 0.1) is 12.5 Å². The topological polar surface area (TPSA) is 90.2 Å². The van der Waals surface area contributed by atoms with Crippen LogP contribution in [0.4, 0.5) is 4.39 Å². The second-order valence-corrected chi connectivity index (χ2v) is 3.96. The van der Waals surface area contributed by atoms with Crippen LogP contribution in [-0.2, 0) is 16.0 Å². The van der Waals surface area contributed by atoms with Crippen molar-refractivity contribution in [3.8, 4) is 6.07 Å². The Labute approximate surface area is 109 Å². The molecule has 0 spiro atoms. The molecule has 0 radical (unpaired) electrons. The number of carbonyl (C=O) groups excluding carboxylic acids is 1. The van der Waals surface area contributed by atoms with Crippen LogP contribution >= 0.6 is 0 Å². The maximum Gasteiger partial charge on any atom is 0.326 e. The number of nitrogens with one attached hydrogen (secondary N) is 1. The lowest BCUT2D eigenvalue weighted by atomic mass is 10.1. The number of hydrogen-bond acceptors (Lipinski definition) is 3. The zero-order valence-corrected chi connectivity index (χ0v) is 10.1. The molecule has 1 rings (SSSR count). The zero-order chi connectivity index (χ0) is 14.3. The SMILES string of the molecule is N#CCC[C@H](NC(=O)Cc1cccc(F)c1)C(=O)O. The van der Waals surface area contributed by atoms with Crippen LogP contribution in [0.5, 0.6) is 0 Å². The number of rotatable bonds is 6. The van der Waals surface area contributed by atoms with E-state index >= 15 is 0 Å². The number of carbonyl (C=O) groups is 2. The molecule has 19 heavy (non-hydrogen) atoms. The van der Waals surface area contributed by atoms with Gasteiger partial charge in [-0.05, 0) is 24.1 Å².